The second-order valence-corrected chi connectivity index (χ2v) is 8.41. The summed E-state index contributed by atoms with van der Waals surface area (Å²) in [5, 5.41) is 0. The van der Waals surface area contributed by atoms with Gasteiger partial charge in [0.1, 0.15) is 0 Å². The lowest BCUT2D eigenvalue weighted by Gasteiger charge is -2.27. The molecule has 0 N–H and O–H groups in total. The third-order valence-corrected chi connectivity index (χ3v) is 6.41. The van der Waals surface area contributed by atoms with E-state index in [1.807, 2.05) is 12.1 Å². The number of hydrogen-bond donors (Lipinski definition) is 0. The molecular formula is C19H23N3O4S. The number of morpholine rings is 1. The van der Waals surface area contributed by atoms with E-state index in [1.165, 1.54) is 16.4 Å². The zero-order valence-corrected chi connectivity index (χ0v) is 16.1. The van der Waals surface area contributed by atoms with Crippen LogP contribution in [0.4, 0.5) is 0 Å². The van der Waals surface area contributed by atoms with Crippen molar-refractivity contribution >= 4 is 15.9 Å². The molecule has 1 fully saturated rings. The average Bonchev–Trinajstić information content (AvgIpc) is 2.73. The minimum atomic E-state index is -3.67. The van der Waals surface area contributed by atoms with Gasteiger partial charge in [-0.3, -0.25) is 9.78 Å². The third-order valence-electron chi connectivity index (χ3n) is 4.55. The zero-order valence-electron chi connectivity index (χ0n) is 15.2. The molecule has 0 unspecified atom stereocenters. The van der Waals surface area contributed by atoms with Gasteiger partial charge in [-0.25, -0.2) is 12.7 Å². The van der Waals surface area contributed by atoms with Crippen LogP contribution in [0.3, 0.4) is 0 Å². The van der Waals surface area contributed by atoms with Crippen molar-refractivity contribution < 1.29 is 17.9 Å². The number of amides is 1. The van der Waals surface area contributed by atoms with E-state index < -0.39 is 10.0 Å². The molecule has 1 amide bonds. The topological polar surface area (TPSA) is 79.8 Å². The molecule has 2 aromatic rings. The van der Waals surface area contributed by atoms with Gasteiger partial charge in [0.15, 0.2) is 0 Å². The number of hydrogen-bond acceptors (Lipinski definition) is 5. The number of aromatic nitrogens is 1. The first kappa shape index (κ1) is 19.5. The highest BCUT2D eigenvalue weighted by molar-refractivity contribution is 7.89. The Bertz CT molecular complexity index is 881. The molecule has 0 saturated carbocycles. The Morgan fingerprint density at radius 2 is 1.89 bits per heavy atom. The number of pyridine rings is 1. The van der Waals surface area contributed by atoms with Gasteiger partial charge in [-0.15, -0.1) is 0 Å². The van der Waals surface area contributed by atoms with Gasteiger partial charge in [0, 0.05) is 44.6 Å². The van der Waals surface area contributed by atoms with Crippen molar-refractivity contribution in [2.75, 3.05) is 39.9 Å². The van der Waals surface area contributed by atoms with Gasteiger partial charge in [-0.1, -0.05) is 6.07 Å². The summed E-state index contributed by atoms with van der Waals surface area (Å²) < 4.78 is 32.3. The fraction of sp³-hybridized carbons (Fsp3) is 0.368. The molecule has 3 rings (SSSR count). The van der Waals surface area contributed by atoms with Crippen LogP contribution >= 0.6 is 0 Å². The van der Waals surface area contributed by atoms with Gasteiger partial charge >= 0.3 is 0 Å². The molecule has 27 heavy (non-hydrogen) atoms. The number of sulfonamides is 1. The first-order valence-corrected chi connectivity index (χ1v) is 10.2. The zero-order chi connectivity index (χ0) is 19.3. The van der Waals surface area contributed by atoms with Crippen LogP contribution in [0.1, 0.15) is 15.9 Å². The molecular weight excluding hydrogens is 366 g/mol. The van der Waals surface area contributed by atoms with Gasteiger partial charge in [0.25, 0.3) is 5.91 Å². The molecule has 1 aliphatic heterocycles. The number of benzene rings is 1. The summed E-state index contributed by atoms with van der Waals surface area (Å²) in [5.41, 5.74) is 1.39. The molecule has 8 heteroatoms. The van der Waals surface area contributed by atoms with Gasteiger partial charge in [-0.05, 0) is 42.3 Å². The molecule has 7 nitrogen and oxygen atoms in total. The van der Waals surface area contributed by atoms with Crippen molar-refractivity contribution in [3.05, 3.63) is 59.9 Å². The lowest BCUT2D eigenvalue weighted by Crippen LogP contribution is -2.40. The SMILES string of the molecule is CN(CCc1ccncc1)S(=O)(=O)c1cccc(C(=O)N2CCOCC2)c1. The largest absolute Gasteiger partial charge is 0.378 e. The molecule has 2 heterocycles. The molecule has 0 atom stereocenters. The number of likely N-dealkylation sites (N-methyl/N-ethyl adjacent to an activating group) is 1. The van der Waals surface area contributed by atoms with Crippen molar-refractivity contribution in [2.24, 2.45) is 0 Å². The highest BCUT2D eigenvalue weighted by Crippen LogP contribution is 2.18. The number of ether oxygens (including phenoxy) is 1. The molecule has 144 valence electrons. The molecule has 0 spiro atoms. The number of nitrogens with zero attached hydrogens (tertiary/aromatic N) is 3. The molecule has 1 saturated heterocycles. The second kappa shape index (κ2) is 8.60. The van der Waals surface area contributed by atoms with Crippen LogP contribution in [0.2, 0.25) is 0 Å². The van der Waals surface area contributed by atoms with Gasteiger partial charge in [0.05, 0.1) is 18.1 Å². The fourth-order valence-electron chi connectivity index (χ4n) is 2.87. The third kappa shape index (κ3) is 4.71. The van der Waals surface area contributed by atoms with Gasteiger partial charge < -0.3 is 9.64 Å². The van der Waals surface area contributed by atoms with Crippen molar-refractivity contribution in [3.8, 4) is 0 Å². The predicted octanol–water partition coefficient (Wildman–Crippen LogP) is 1.42. The normalized spacial score (nSPS) is 15.1. The minimum absolute atomic E-state index is 0.124. The summed E-state index contributed by atoms with van der Waals surface area (Å²) in [4.78, 5) is 18.4. The first-order valence-electron chi connectivity index (χ1n) is 8.81. The Kier molecular flexibility index (Phi) is 6.20. The molecule has 0 bridgehead atoms. The van der Waals surface area contributed by atoms with Crippen LogP contribution in [0.5, 0.6) is 0 Å². The standard InChI is InChI=1S/C19H23N3O4S/c1-21(10-7-16-5-8-20-9-6-16)27(24,25)18-4-2-3-17(15-18)19(23)22-11-13-26-14-12-22/h2-6,8-9,15H,7,10-14H2,1H3. The van der Waals surface area contributed by atoms with E-state index in [0.717, 1.165) is 5.56 Å². The van der Waals surface area contributed by atoms with E-state index in [0.29, 0.717) is 44.8 Å². The van der Waals surface area contributed by atoms with E-state index in [1.54, 1.807) is 36.5 Å². The second-order valence-electron chi connectivity index (χ2n) is 6.36. The van der Waals surface area contributed by atoms with Crippen LogP contribution in [0.15, 0.2) is 53.7 Å². The maximum Gasteiger partial charge on any atom is 0.254 e. The van der Waals surface area contributed by atoms with Crippen molar-refractivity contribution in [1.82, 2.24) is 14.2 Å². The molecule has 1 aliphatic rings. The maximum absolute atomic E-state index is 12.9. The summed E-state index contributed by atoms with van der Waals surface area (Å²) in [6.45, 7) is 2.38. The van der Waals surface area contributed by atoms with E-state index >= 15 is 0 Å². The minimum Gasteiger partial charge on any atom is -0.378 e. The van der Waals surface area contributed by atoms with Crippen LogP contribution in [0, 0.1) is 0 Å². The van der Waals surface area contributed by atoms with Crippen molar-refractivity contribution in [1.29, 1.82) is 0 Å². The average molecular weight is 389 g/mol. The Morgan fingerprint density at radius 3 is 2.59 bits per heavy atom. The molecule has 1 aromatic heterocycles. The number of carbonyl (C=O) groups is 1. The Hall–Kier alpha value is -2.29. The fourth-order valence-corrected chi connectivity index (χ4v) is 4.09. The van der Waals surface area contributed by atoms with E-state index in [2.05, 4.69) is 4.98 Å². The van der Waals surface area contributed by atoms with Crippen LogP contribution in [-0.4, -0.2) is 68.4 Å². The Morgan fingerprint density at radius 1 is 1.19 bits per heavy atom. The highest BCUT2D eigenvalue weighted by Gasteiger charge is 2.24. The van der Waals surface area contributed by atoms with E-state index in [-0.39, 0.29) is 10.8 Å². The first-order chi connectivity index (χ1) is 13.0. The summed E-state index contributed by atoms with van der Waals surface area (Å²) in [6.07, 6.45) is 3.96. The molecule has 0 radical (unpaired) electrons. The van der Waals surface area contributed by atoms with Crippen molar-refractivity contribution in [2.45, 2.75) is 11.3 Å². The van der Waals surface area contributed by atoms with Gasteiger partial charge in [-0.2, -0.15) is 0 Å². The van der Waals surface area contributed by atoms with Gasteiger partial charge in [0.2, 0.25) is 10.0 Å². The molecule has 0 aliphatic carbocycles. The Balaban J connectivity index is 1.73. The lowest BCUT2D eigenvalue weighted by atomic mass is 10.2. The van der Waals surface area contributed by atoms with E-state index in [4.69, 9.17) is 4.74 Å². The number of rotatable bonds is 6. The summed E-state index contributed by atoms with van der Waals surface area (Å²) in [6, 6.07) is 9.96. The molecule has 1 aromatic carbocycles. The lowest BCUT2D eigenvalue weighted by molar-refractivity contribution is 0.0302. The van der Waals surface area contributed by atoms with E-state index in [9.17, 15) is 13.2 Å². The van der Waals surface area contributed by atoms with Crippen LogP contribution in [-0.2, 0) is 21.2 Å². The quantitative estimate of drug-likeness (QED) is 0.746. The monoisotopic (exact) mass is 389 g/mol. The Labute approximate surface area is 159 Å². The maximum atomic E-state index is 12.9. The summed E-state index contributed by atoms with van der Waals surface area (Å²) in [5.74, 6) is -0.171. The van der Waals surface area contributed by atoms with Crippen LogP contribution in [0.25, 0.3) is 0 Å². The smallest absolute Gasteiger partial charge is 0.254 e. The van der Waals surface area contributed by atoms with Crippen molar-refractivity contribution in [3.63, 3.8) is 0 Å². The highest BCUT2D eigenvalue weighted by atomic mass is 32.2. The predicted molar refractivity (Wildman–Crippen MR) is 101 cm³/mol. The number of carbonyl (C=O) groups excluding carboxylic acids is 1. The summed E-state index contributed by atoms with van der Waals surface area (Å²) >= 11 is 0. The van der Waals surface area contributed by atoms with Crippen LogP contribution < -0.4 is 0 Å². The summed E-state index contributed by atoms with van der Waals surface area (Å²) in [7, 11) is -2.12.